The SMILES string of the molecule is c1cc(Nc2ncc3cccc(OC4CCNCC4)c3n2)cc(N2CCCC2)c1. The quantitative estimate of drug-likeness (QED) is 0.685. The molecule has 150 valence electrons. The van der Waals surface area contributed by atoms with Crippen LogP contribution in [0.1, 0.15) is 25.7 Å². The minimum absolute atomic E-state index is 0.241. The smallest absolute Gasteiger partial charge is 0.227 e. The fourth-order valence-corrected chi connectivity index (χ4v) is 4.16. The normalized spacial score (nSPS) is 17.6. The van der Waals surface area contributed by atoms with Crippen molar-refractivity contribution in [2.24, 2.45) is 0 Å². The molecule has 3 aromatic rings. The molecular formula is C23H27N5O. The highest BCUT2D eigenvalue weighted by Gasteiger charge is 2.17. The lowest BCUT2D eigenvalue weighted by atomic mass is 10.1. The van der Waals surface area contributed by atoms with Crippen molar-refractivity contribution < 1.29 is 4.74 Å². The molecule has 0 saturated carbocycles. The second kappa shape index (κ2) is 8.25. The highest BCUT2D eigenvalue weighted by molar-refractivity contribution is 5.85. The first-order valence-corrected chi connectivity index (χ1v) is 10.6. The molecule has 3 heterocycles. The third kappa shape index (κ3) is 4.12. The van der Waals surface area contributed by atoms with Gasteiger partial charge in [-0.2, -0.15) is 0 Å². The molecule has 2 saturated heterocycles. The molecule has 29 heavy (non-hydrogen) atoms. The summed E-state index contributed by atoms with van der Waals surface area (Å²) < 4.78 is 6.30. The van der Waals surface area contributed by atoms with E-state index in [0.717, 1.165) is 61.4 Å². The summed E-state index contributed by atoms with van der Waals surface area (Å²) in [6, 6.07) is 14.5. The summed E-state index contributed by atoms with van der Waals surface area (Å²) >= 11 is 0. The van der Waals surface area contributed by atoms with Crippen molar-refractivity contribution in [1.29, 1.82) is 0 Å². The van der Waals surface area contributed by atoms with Gasteiger partial charge in [0.05, 0.1) is 0 Å². The topological polar surface area (TPSA) is 62.3 Å². The lowest BCUT2D eigenvalue weighted by Gasteiger charge is -2.24. The van der Waals surface area contributed by atoms with Gasteiger partial charge in [-0.15, -0.1) is 0 Å². The van der Waals surface area contributed by atoms with Gasteiger partial charge in [0.15, 0.2) is 0 Å². The van der Waals surface area contributed by atoms with Crippen LogP contribution >= 0.6 is 0 Å². The lowest BCUT2D eigenvalue weighted by molar-refractivity contribution is 0.164. The Hall–Kier alpha value is -2.86. The van der Waals surface area contributed by atoms with Crippen molar-refractivity contribution in [1.82, 2.24) is 15.3 Å². The molecule has 2 aliphatic heterocycles. The Morgan fingerprint density at radius 2 is 1.86 bits per heavy atom. The number of nitrogens with one attached hydrogen (secondary N) is 2. The Kier molecular flexibility index (Phi) is 5.17. The van der Waals surface area contributed by atoms with Crippen LogP contribution in [-0.4, -0.2) is 42.3 Å². The van der Waals surface area contributed by atoms with Crippen molar-refractivity contribution in [3.8, 4) is 5.75 Å². The van der Waals surface area contributed by atoms with E-state index in [1.165, 1.54) is 18.5 Å². The predicted molar refractivity (Wildman–Crippen MR) is 117 cm³/mol. The van der Waals surface area contributed by atoms with Gasteiger partial charge in [-0.1, -0.05) is 18.2 Å². The zero-order chi connectivity index (χ0) is 19.5. The van der Waals surface area contributed by atoms with Crippen LogP contribution in [-0.2, 0) is 0 Å². The number of nitrogens with zero attached hydrogens (tertiary/aromatic N) is 3. The number of rotatable bonds is 5. The largest absolute Gasteiger partial charge is 0.488 e. The number of piperidine rings is 1. The van der Waals surface area contributed by atoms with Crippen molar-refractivity contribution in [2.45, 2.75) is 31.8 Å². The number of ether oxygens (including phenoxy) is 1. The minimum Gasteiger partial charge on any atom is -0.488 e. The van der Waals surface area contributed by atoms with E-state index in [1.54, 1.807) is 0 Å². The van der Waals surface area contributed by atoms with Crippen LogP contribution in [0.3, 0.4) is 0 Å². The number of fused-ring (bicyclic) bond motifs is 1. The molecule has 2 N–H and O–H groups in total. The monoisotopic (exact) mass is 389 g/mol. The summed E-state index contributed by atoms with van der Waals surface area (Å²) in [5.74, 6) is 1.43. The molecule has 5 rings (SSSR count). The van der Waals surface area contributed by atoms with E-state index in [2.05, 4.69) is 44.8 Å². The molecular weight excluding hydrogens is 362 g/mol. The maximum atomic E-state index is 6.30. The van der Waals surface area contributed by atoms with Gasteiger partial charge in [-0.3, -0.25) is 0 Å². The number of para-hydroxylation sites is 1. The third-order valence-electron chi connectivity index (χ3n) is 5.73. The Balaban J connectivity index is 1.39. The maximum Gasteiger partial charge on any atom is 0.227 e. The molecule has 0 radical (unpaired) electrons. The highest BCUT2D eigenvalue weighted by Crippen LogP contribution is 2.28. The number of benzene rings is 2. The first-order valence-electron chi connectivity index (χ1n) is 10.6. The second-order valence-electron chi connectivity index (χ2n) is 7.82. The number of anilines is 3. The van der Waals surface area contributed by atoms with Gasteiger partial charge in [0.1, 0.15) is 17.4 Å². The van der Waals surface area contributed by atoms with Crippen LogP contribution in [0.15, 0.2) is 48.7 Å². The fraction of sp³-hybridized carbons (Fsp3) is 0.391. The minimum atomic E-state index is 0.241. The Morgan fingerprint density at radius 1 is 1.03 bits per heavy atom. The van der Waals surface area contributed by atoms with Gasteiger partial charge in [-0.05, 0) is 63.0 Å². The molecule has 2 aliphatic rings. The summed E-state index contributed by atoms with van der Waals surface area (Å²) in [5, 5.41) is 7.75. The average molecular weight is 390 g/mol. The number of hydrogen-bond donors (Lipinski definition) is 2. The first kappa shape index (κ1) is 18.2. The van der Waals surface area contributed by atoms with Crippen LogP contribution in [0.2, 0.25) is 0 Å². The summed E-state index contributed by atoms with van der Waals surface area (Å²) in [4.78, 5) is 11.7. The zero-order valence-corrected chi connectivity index (χ0v) is 16.6. The maximum absolute atomic E-state index is 6.30. The van der Waals surface area contributed by atoms with Crippen LogP contribution in [0, 0.1) is 0 Å². The van der Waals surface area contributed by atoms with Crippen LogP contribution in [0.5, 0.6) is 5.75 Å². The van der Waals surface area contributed by atoms with E-state index in [1.807, 2.05) is 24.4 Å². The van der Waals surface area contributed by atoms with Gasteiger partial charge in [0.2, 0.25) is 5.95 Å². The van der Waals surface area contributed by atoms with E-state index < -0.39 is 0 Å². The summed E-state index contributed by atoms with van der Waals surface area (Å²) in [6.45, 7) is 4.27. The fourth-order valence-electron chi connectivity index (χ4n) is 4.16. The Morgan fingerprint density at radius 3 is 2.72 bits per heavy atom. The average Bonchev–Trinajstić information content (AvgIpc) is 3.30. The highest BCUT2D eigenvalue weighted by atomic mass is 16.5. The van der Waals surface area contributed by atoms with Crippen molar-refractivity contribution in [2.75, 3.05) is 36.4 Å². The molecule has 0 amide bonds. The molecule has 0 spiro atoms. The second-order valence-corrected chi connectivity index (χ2v) is 7.82. The van der Waals surface area contributed by atoms with Gasteiger partial charge >= 0.3 is 0 Å². The molecule has 6 nitrogen and oxygen atoms in total. The number of aromatic nitrogens is 2. The molecule has 1 aromatic heterocycles. The molecule has 0 atom stereocenters. The van der Waals surface area contributed by atoms with E-state index >= 15 is 0 Å². The summed E-state index contributed by atoms with van der Waals surface area (Å²) in [5.41, 5.74) is 3.12. The third-order valence-corrected chi connectivity index (χ3v) is 5.73. The summed E-state index contributed by atoms with van der Waals surface area (Å²) in [6.07, 6.45) is 6.69. The van der Waals surface area contributed by atoms with Gasteiger partial charge in [-0.25, -0.2) is 9.97 Å². The van der Waals surface area contributed by atoms with Gasteiger partial charge in [0.25, 0.3) is 0 Å². The van der Waals surface area contributed by atoms with Gasteiger partial charge in [0, 0.05) is 36.0 Å². The zero-order valence-electron chi connectivity index (χ0n) is 16.6. The van der Waals surface area contributed by atoms with Gasteiger partial charge < -0.3 is 20.3 Å². The molecule has 0 aliphatic carbocycles. The standard InChI is InChI=1S/C23H27N5O/c1-2-14-28(13-1)19-7-4-6-18(15-19)26-23-25-16-17-5-3-8-21(22(17)27-23)29-20-9-11-24-12-10-20/h3-8,15-16,20,24H,1-2,9-14H2,(H,25,26,27). The van der Waals surface area contributed by atoms with Crippen molar-refractivity contribution >= 4 is 28.2 Å². The molecule has 0 bridgehead atoms. The van der Waals surface area contributed by atoms with Crippen LogP contribution in [0.4, 0.5) is 17.3 Å². The van der Waals surface area contributed by atoms with Crippen LogP contribution < -0.4 is 20.3 Å². The molecule has 0 unspecified atom stereocenters. The Bertz CT molecular complexity index is 980. The number of hydrogen-bond acceptors (Lipinski definition) is 6. The predicted octanol–water partition coefficient (Wildman–Crippen LogP) is 4.10. The van der Waals surface area contributed by atoms with Crippen molar-refractivity contribution in [3.05, 3.63) is 48.7 Å². The van der Waals surface area contributed by atoms with E-state index in [0.29, 0.717) is 5.95 Å². The summed E-state index contributed by atoms with van der Waals surface area (Å²) in [7, 11) is 0. The Labute approximate surface area is 171 Å². The molecule has 6 heteroatoms. The van der Waals surface area contributed by atoms with Crippen LogP contribution in [0.25, 0.3) is 10.9 Å². The van der Waals surface area contributed by atoms with E-state index in [9.17, 15) is 0 Å². The van der Waals surface area contributed by atoms with Crippen molar-refractivity contribution in [3.63, 3.8) is 0 Å². The molecule has 2 aromatic carbocycles. The molecule has 2 fully saturated rings. The van der Waals surface area contributed by atoms with E-state index in [-0.39, 0.29) is 6.10 Å². The lowest BCUT2D eigenvalue weighted by Crippen LogP contribution is -2.34. The first-order chi connectivity index (χ1) is 14.3. The van der Waals surface area contributed by atoms with E-state index in [4.69, 9.17) is 9.72 Å².